The summed E-state index contributed by atoms with van der Waals surface area (Å²) in [6, 6.07) is 5.98. The molecule has 0 spiro atoms. The predicted octanol–water partition coefficient (Wildman–Crippen LogP) is 3.17. The molecule has 0 radical (unpaired) electrons. The molecular weight excluding hydrogens is 266 g/mol. The third-order valence-electron chi connectivity index (χ3n) is 3.81. The van der Waals surface area contributed by atoms with Crippen LogP contribution in [0.15, 0.2) is 18.2 Å². The number of methoxy groups -OCH3 is 2. The van der Waals surface area contributed by atoms with E-state index >= 15 is 0 Å². The van der Waals surface area contributed by atoms with Crippen molar-refractivity contribution in [2.24, 2.45) is 5.92 Å². The van der Waals surface area contributed by atoms with Gasteiger partial charge in [0.05, 0.1) is 20.3 Å². The van der Waals surface area contributed by atoms with Gasteiger partial charge < -0.3 is 19.5 Å². The van der Waals surface area contributed by atoms with Gasteiger partial charge in [0.25, 0.3) is 0 Å². The second-order valence-electron chi connectivity index (χ2n) is 6.62. The molecule has 1 saturated heterocycles. The minimum absolute atomic E-state index is 0.101. The van der Waals surface area contributed by atoms with Crippen LogP contribution in [-0.4, -0.2) is 32.9 Å². The minimum atomic E-state index is 0.101. The molecule has 1 aliphatic rings. The highest BCUT2D eigenvalue weighted by atomic mass is 16.5. The molecule has 0 saturated carbocycles. The lowest BCUT2D eigenvalue weighted by molar-refractivity contribution is 0.0885. The van der Waals surface area contributed by atoms with E-state index in [0.29, 0.717) is 5.92 Å². The maximum absolute atomic E-state index is 5.96. The van der Waals surface area contributed by atoms with Crippen molar-refractivity contribution in [3.8, 4) is 11.5 Å². The molecule has 1 heterocycles. The summed E-state index contributed by atoms with van der Waals surface area (Å²) in [7, 11) is 3.35. The van der Waals surface area contributed by atoms with E-state index in [1.54, 1.807) is 14.2 Å². The fraction of sp³-hybridized carbons (Fsp3) is 0.647. The van der Waals surface area contributed by atoms with Crippen molar-refractivity contribution in [3.05, 3.63) is 23.8 Å². The molecule has 2 rings (SSSR count). The number of hydrogen-bond acceptors (Lipinski definition) is 4. The van der Waals surface area contributed by atoms with E-state index < -0.39 is 0 Å². The van der Waals surface area contributed by atoms with E-state index in [-0.39, 0.29) is 11.6 Å². The van der Waals surface area contributed by atoms with Gasteiger partial charge in [-0.3, -0.25) is 0 Å². The Morgan fingerprint density at radius 3 is 2.29 bits per heavy atom. The monoisotopic (exact) mass is 293 g/mol. The predicted molar refractivity (Wildman–Crippen MR) is 84.1 cm³/mol. The van der Waals surface area contributed by atoms with Gasteiger partial charge in [-0.1, -0.05) is 0 Å². The molecule has 1 aliphatic heterocycles. The van der Waals surface area contributed by atoms with E-state index in [2.05, 4.69) is 26.1 Å². The lowest BCUT2D eigenvalue weighted by atomic mass is 9.94. The Kier molecular flexibility index (Phi) is 5.12. The number of nitrogens with one attached hydrogen (secondary N) is 1. The first kappa shape index (κ1) is 16.1. The van der Waals surface area contributed by atoms with Crippen LogP contribution in [0, 0.1) is 5.92 Å². The number of rotatable bonds is 5. The first-order valence-corrected chi connectivity index (χ1v) is 7.52. The normalized spacial score (nSPS) is 22.3. The van der Waals surface area contributed by atoms with Gasteiger partial charge in [0.15, 0.2) is 0 Å². The van der Waals surface area contributed by atoms with Crippen molar-refractivity contribution >= 4 is 0 Å². The topological polar surface area (TPSA) is 39.7 Å². The van der Waals surface area contributed by atoms with Gasteiger partial charge in [0, 0.05) is 30.7 Å². The van der Waals surface area contributed by atoms with Crippen molar-refractivity contribution in [2.45, 2.75) is 38.8 Å². The van der Waals surface area contributed by atoms with Crippen molar-refractivity contribution in [1.82, 2.24) is 5.32 Å². The van der Waals surface area contributed by atoms with Crippen LogP contribution in [-0.2, 0) is 4.74 Å². The van der Waals surface area contributed by atoms with E-state index in [4.69, 9.17) is 14.2 Å². The standard InChI is InChI=1S/C17H27NO3/c1-17(2,3)18-11-12-6-7-21-16(12)13-8-14(19-4)10-15(9-13)20-5/h8-10,12,16,18H,6-7,11H2,1-5H3. The molecule has 21 heavy (non-hydrogen) atoms. The fourth-order valence-electron chi connectivity index (χ4n) is 2.64. The molecule has 118 valence electrons. The van der Waals surface area contributed by atoms with E-state index in [1.807, 2.05) is 18.2 Å². The average Bonchev–Trinajstić information content (AvgIpc) is 2.92. The molecule has 0 bridgehead atoms. The SMILES string of the molecule is COc1cc(OC)cc(C2OCCC2CNC(C)(C)C)c1. The summed E-state index contributed by atoms with van der Waals surface area (Å²) in [5, 5.41) is 3.58. The molecule has 1 aromatic carbocycles. The summed E-state index contributed by atoms with van der Waals surface area (Å²) in [5.41, 5.74) is 1.25. The van der Waals surface area contributed by atoms with Crippen LogP contribution in [0.3, 0.4) is 0 Å². The molecule has 2 atom stereocenters. The van der Waals surface area contributed by atoms with Gasteiger partial charge in [0.2, 0.25) is 0 Å². The highest BCUT2D eigenvalue weighted by Crippen LogP contribution is 2.37. The van der Waals surface area contributed by atoms with Crippen molar-refractivity contribution < 1.29 is 14.2 Å². The van der Waals surface area contributed by atoms with Crippen molar-refractivity contribution in [2.75, 3.05) is 27.4 Å². The van der Waals surface area contributed by atoms with Crippen LogP contribution in [0.5, 0.6) is 11.5 Å². The lowest BCUT2D eigenvalue weighted by Gasteiger charge is -2.26. The first-order chi connectivity index (χ1) is 9.93. The van der Waals surface area contributed by atoms with E-state index in [1.165, 1.54) is 0 Å². The van der Waals surface area contributed by atoms with Crippen molar-refractivity contribution in [3.63, 3.8) is 0 Å². The Labute approximate surface area is 127 Å². The number of ether oxygens (including phenoxy) is 3. The molecule has 1 aromatic rings. The molecule has 4 heteroatoms. The van der Waals surface area contributed by atoms with Gasteiger partial charge in [-0.25, -0.2) is 0 Å². The van der Waals surface area contributed by atoms with Crippen LogP contribution >= 0.6 is 0 Å². The smallest absolute Gasteiger partial charge is 0.122 e. The summed E-state index contributed by atoms with van der Waals surface area (Å²) >= 11 is 0. The second-order valence-corrected chi connectivity index (χ2v) is 6.62. The molecular formula is C17H27NO3. The molecule has 0 aliphatic carbocycles. The molecule has 1 N–H and O–H groups in total. The Balaban J connectivity index is 2.15. The highest BCUT2D eigenvalue weighted by molar-refractivity contribution is 5.39. The van der Waals surface area contributed by atoms with Crippen LogP contribution in [0.25, 0.3) is 0 Å². The second kappa shape index (κ2) is 6.67. The van der Waals surface area contributed by atoms with E-state index in [0.717, 1.165) is 36.6 Å². The van der Waals surface area contributed by atoms with Crippen LogP contribution in [0.2, 0.25) is 0 Å². The zero-order valence-corrected chi connectivity index (χ0v) is 13.7. The fourth-order valence-corrected chi connectivity index (χ4v) is 2.64. The van der Waals surface area contributed by atoms with Gasteiger partial charge in [0.1, 0.15) is 11.5 Å². The third kappa shape index (κ3) is 4.35. The molecule has 0 aromatic heterocycles. The third-order valence-corrected chi connectivity index (χ3v) is 3.81. The minimum Gasteiger partial charge on any atom is -0.497 e. The quantitative estimate of drug-likeness (QED) is 0.905. The Morgan fingerprint density at radius 1 is 1.14 bits per heavy atom. The van der Waals surface area contributed by atoms with Crippen molar-refractivity contribution in [1.29, 1.82) is 0 Å². The maximum atomic E-state index is 5.96. The van der Waals surface area contributed by atoms with Gasteiger partial charge in [-0.05, 0) is 44.9 Å². The Bertz CT molecular complexity index is 445. The Hall–Kier alpha value is -1.26. The average molecular weight is 293 g/mol. The largest absolute Gasteiger partial charge is 0.497 e. The zero-order chi connectivity index (χ0) is 15.5. The van der Waals surface area contributed by atoms with Crippen LogP contribution in [0.4, 0.5) is 0 Å². The van der Waals surface area contributed by atoms with Gasteiger partial charge >= 0.3 is 0 Å². The van der Waals surface area contributed by atoms with Gasteiger partial charge in [-0.15, -0.1) is 0 Å². The number of benzene rings is 1. The first-order valence-electron chi connectivity index (χ1n) is 7.52. The summed E-state index contributed by atoms with van der Waals surface area (Å²) in [5.74, 6) is 2.09. The number of hydrogen-bond donors (Lipinski definition) is 1. The highest BCUT2D eigenvalue weighted by Gasteiger charge is 2.31. The van der Waals surface area contributed by atoms with E-state index in [9.17, 15) is 0 Å². The van der Waals surface area contributed by atoms with Crippen LogP contribution < -0.4 is 14.8 Å². The van der Waals surface area contributed by atoms with Crippen LogP contribution in [0.1, 0.15) is 38.9 Å². The van der Waals surface area contributed by atoms with Gasteiger partial charge in [-0.2, -0.15) is 0 Å². The summed E-state index contributed by atoms with van der Waals surface area (Å²) in [4.78, 5) is 0. The molecule has 0 amide bonds. The summed E-state index contributed by atoms with van der Waals surface area (Å²) in [6.45, 7) is 8.32. The molecule has 2 unspecified atom stereocenters. The Morgan fingerprint density at radius 2 is 1.76 bits per heavy atom. The summed E-state index contributed by atoms with van der Waals surface area (Å²) < 4.78 is 16.7. The maximum Gasteiger partial charge on any atom is 0.122 e. The zero-order valence-electron chi connectivity index (χ0n) is 13.7. The lowest BCUT2D eigenvalue weighted by Crippen LogP contribution is -2.39. The summed E-state index contributed by atoms with van der Waals surface area (Å²) in [6.07, 6.45) is 1.18. The molecule has 4 nitrogen and oxygen atoms in total. The molecule has 1 fully saturated rings.